The van der Waals surface area contributed by atoms with Crippen LogP contribution >= 0.6 is 0 Å². The summed E-state index contributed by atoms with van der Waals surface area (Å²) in [6.45, 7) is 0.737. The summed E-state index contributed by atoms with van der Waals surface area (Å²) in [6, 6.07) is 15.2. The Labute approximate surface area is 149 Å². The Morgan fingerprint density at radius 3 is 2.88 bits per heavy atom. The summed E-state index contributed by atoms with van der Waals surface area (Å²) in [4.78, 5) is 19.4. The molecule has 5 nitrogen and oxygen atoms in total. The first-order valence-corrected chi connectivity index (χ1v) is 8.63. The van der Waals surface area contributed by atoms with E-state index in [1.54, 1.807) is 12.3 Å². The molecule has 2 aromatic carbocycles. The van der Waals surface area contributed by atoms with Crippen molar-refractivity contribution in [1.82, 2.24) is 9.97 Å². The highest BCUT2D eigenvalue weighted by molar-refractivity contribution is 6.07. The summed E-state index contributed by atoms with van der Waals surface area (Å²) in [7, 11) is 0. The van der Waals surface area contributed by atoms with Crippen LogP contribution in [0, 0.1) is 0 Å². The first-order valence-electron chi connectivity index (χ1n) is 8.63. The Kier molecular flexibility index (Phi) is 3.38. The number of aromatic amines is 1. The molecule has 4 aromatic rings. The molecule has 0 atom stereocenters. The molecule has 0 bridgehead atoms. The van der Waals surface area contributed by atoms with E-state index in [1.165, 1.54) is 5.56 Å². The first kappa shape index (κ1) is 15.0. The molecule has 1 N–H and O–H groups in total. The zero-order valence-corrected chi connectivity index (χ0v) is 14.0. The lowest BCUT2D eigenvalue weighted by atomic mass is 10.1. The van der Waals surface area contributed by atoms with Gasteiger partial charge in [0.2, 0.25) is 0 Å². The average Bonchev–Trinajstić information content (AvgIpc) is 2.68. The van der Waals surface area contributed by atoms with Crippen molar-refractivity contribution in [2.24, 2.45) is 0 Å². The van der Waals surface area contributed by atoms with Crippen LogP contribution in [-0.2, 0) is 6.42 Å². The number of fused-ring (bicyclic) bond motifs is 4. The van der Waals surface area contributed by atoms with Crippen molar-refractivity contribution in [3.63, 3.8) is 0 Å². The lowest BCUT2D eigenvalue weighted by Gasteiger charge is -2.18. The van der Waals surface area contributed by atoms with Crippen LogP contribution in [0.5, 0.6) is 17.2 Å². The number of pyridine rings is 2. The smallest absolute Gasteiger partial charge is 0.257 e. The fourth-order valence-corrected chi connectivity index (χ4v) is 3.47. The molecule has 0 saturated heterocycles. The molecule has 5 heteroatoms. The van der Waals surface area contributed by atoms with E-state index in [2.05, 4.69) is 9.97 Å². The molecule has 26 heavy (non-hydrogen) atoms. The van der Waals surface area contributed by atoms with E-state index in [0.717, 1.165) is 36.0 Å². The predicted octanol–water partition coefficient (Wildman–Crippen LogP) is 4.19. The molecule has 3 heterocycles. The number of rotatable bonds is 2. The highest BCUT2D eigenvalue weighted by Crippen LogP contribution is 2.35. The van der Waals surface area contributed by atoms with Crippen molar-refractivity contribution in [1.29, 1.82) is 0 Å². The molecule has 5 rings (SSSR count). The summed E-state index contributed by atoms with van der Waals surface area (Å²) < 4.78 is 11.9. The largest absolute Gasteiger partial charge is 0.493 e. The van der Waals surface area contributed by atoms with Crippen molar-refractivity contribution in [2.75, 3.05) is 6.61 Å². The van der Waals surface area contributed by atoms with Gasteiger partial charge in [0.25, 0.3) is 5.56 Å². The lowest BCUT2D eigenvalue weighted by molar-refractivity contribution is 0.287. The molecule has 0 fully saturated rings. The molecule has 0 aliphatic carbocycles. The Bertz CT molecular complexity index is 1200. The number of ether oxygens (including phenoxy) is 2. The molecule has 0 amide bonds. The van der Waals surface area contributed by atoms with Crippen LogP contribution in [0.1, 0.15) is 12.0 Å². The SMILES string of the molecule is O=c1[nH]c2nccc(Oc3ccc4c(c3)OCCC4)c2c2ccccc12. The topological polar surface area (TPSA) is 64.2 Å². The van der Waals surface area contributed by atoms with Gasteiger partial charge in [-0.3, -0.25) is 4.79 Å². The Morgan fingerprint density at radius 2 is 1.96 bits per heavy atom. The van der Waals surface area contributed by atoms with Crippen LogP contribution in [0.15, 0.2) is 59.5 Å². The minimum atomic E-state index is -0.153. The van der Waals surface area contributed by atoms with E-state index in [4.69, 9.17) is 9.47 Å². The van der Waals surface area contributed by atoms with E-state index >= 15 is 0 Å². The second-order valence-corrected chi connectivity index (χ2v) is 6.36. The third-order valence-electron chi connectivity index (χ3n) is 4.70. The van der Waals surface area contributed by atoms with Gasteiger partial charge in [0, 0.05) is 23.0 Å². The van der Waals surface area contributed by atoms with Gasteiger partial charge in [-0.2, -0.15) is 0 Å². The highest BCUT2D eigenvalue weighted by atomic mass is 16.5. The van der Waals surface area contributed by atoms with Crippen molar-refractivity contribution in [3.8, 4) is 17.2 Å². The number of aromatic nitrogens is 2. The number of aryl methyl sites for hydroxylation is 1. The van der Waals surface area contributed by atoms with Crippen LogP contribution in [0.3, 0.4) is 0 Å². The maximum absolute atomic E-state index is 12.3. The molecule has 2 aromatic heterocycles. The van der Waals surface area contributed by atoms with Gasteiger partial charge in [-0.15, -0.1) is 0 Å². The van der Waals surface area contributed by atoms with Gasteiger partial charge in [0.05, 0.1) is 12.0 Å². The second kappa shape index (κ2) is 5.88. The molecular formula is C21H16N2O3. The maximum atomic E-state index is 12.3. The van der Waals surface area contributed by atoms with Crippen LogP contribution in [0.25, 0.3) is 21.8 Å². The van der Waals surface area contributed by atoms with E-state index in [-0.39, 0.29) is 5.56 Å². The quantitative estimate of drug-likeness (QED) is 0.554. The van der Waals surface area contributed by atoms with Crippen molar-refractivity contribution < 1.29 is 9.47 Å². The molecule has 1 aliphatic heterocycles. The van der Waals surface area contributed by atoms with Crippen LogP contribution in [-0.4, -0.2) is 16.6 Å². The summed E-state index contributed by atoms with van der Waals surface area (Å²) in [6.07, 6.45) is 3.71. The van der Waals surface area contributed by atoms with Crippen LogP contribution < -0.4 is 15.0 Å². The third-order valence-corrected chi connectivity index (χ3v) is 4.70. The molecule has 128 valence electrons. The fraction of sp³-hybridized carbons (Fsp3) is 0.143. The number of hydrogen-bond acceptors (Lipinski definition) is 4. The predicted molar refractivity (Wildman–Crippen MR) is 100 cm³/mol. The zero-order chi connectivity index (χ0) is 17.5. The summed E-state index contributed by atoms with van der Waals surface area (Å²) in [5, 5.41) is 2.23. The Balaban J connectivity index is 1.68. The molecule has 0 radical (unpaired) electrons. The Hall–Kier alpha value is -3.34. The van der Waals surface area contributed by atoms with Crippen LogP contribution in [0.2, 0.25) is 0 Å². The number of nitrogens with one attached hydrogen (secondary N) is 1. The number of hydrogen-bond donors (Lipinski definition) is 1. The Morgan fingerprint density at radius 1 is 1.08 bits per heavy atom. The second-order valence-electron chi connectivity index (χ2n) is 6.36. The monoisotopic (exact) mass is 344 g/mol. The van der Waals surface area contributed by atoms with Gasteiger partial charge in [0.15, 0.2) is 0 Å². The van der Waals surface area contributed by atoms with Crippen molar-refractivity contribution in [3.05, 3.63) is 70.6 Å². The van der Waals surface area contributed by atoms with E-state index in [0.29, 0.717) is 22.5 Å². The summed E-state index contributed by atoms with van der Waals surface area (Å²) in [5.74, 6) is 2.23. The zero-order valence-electron chi connectivity index (χ0n) is 14.0. The van der Waals surface area contributed by atoms with Gasteiger partial charge in [-0.1, -0.05) is 24.3 Å². The van der Waals surface area contributed by atoms with Crippen molar-refractivity contribution >= 4 is 21.8 Å². The molecule has 0 saturated carbocycles. The van der Waals surface area contributed by atoms with Crippen LogP contribution in [0.4, 0.5) is 0 Å². The maximum Gasteiger partial charge on any atom is 0.257 e. The average molecular weight is 344 g/mol. The number of benzene rings is 2. The summed E-state index contributed by atoms with van der Waals surface area (Å²) >= 11 is 0. The summed E-state index contributed by atoms with van der Waals surface area (Å²) in [5.41, 5.74) is 1.57. The van der Waals surface area contributed by atoms with Gasteiger partial charge in [-0.25, -0.2) is 4.98 Å². The minimum absolute atomic E-state index is 0.153. The molecule has 1 aliphatic rings. The first-order chi connectivity index (χ1) is 12.8. The van der Waals surface area contributed by atoms with E-state index < -0.39 is 0 Å². The standard InChI is InChI=1S/C21H16N2O3/c24-21-16-6-2-1-5-15(16)19-17(9-10-22-20(19)23-21)26-14-8-7-13-4-3-11-25-18(13)12-14/h1-2,5-10,12H,3-4,11H2,(H,22,23,24). The fourth-order valence-electron chi connectivity index (χ4n) is 3.47. The number of nitrogens with zero attached hydrogens (tertiary/aromatic N) is 1. The molecular weight excluding hydrogens is 328 g/mol. The normalized spacial score (nSPS) is 13.4. The molecule has 0 unspecified atom stereocenters. The van der Waals surface area contributed by atoms with Crippen molar-refractivity contribution in [2.45, 2.75) is 12.8 Å². The minimum Gasteiger partial charge on any atom is -0.493 e. The van der Waals surface area contributed by atoms with Gasteiger partial charge < -0.3 is 14.5 Å². The number of H-pyrrole nitrogens is 1. The van der Waals surface area contributed by atoms with Gasteiger partial charge in [-0.05, 0) is 36.6 Å². The molecule has 0 spiro atoms. The third kappa shape index (κ3) is 2.40. The lowest BCUT2D eigenvalue weighted by Crippen LogP contribution is -2.08. The van der Waals surface area contributed by atoms with E-state index in [1.807, 2.05) is 42.5 Å². The van der Waals surface area contributed by atoms with Gasteiger partial charge >= 0.3 is 0 Å². The van der Waals surface area contributed by atoms with E-state index in [9.17, 15) is 4.79 Å². The highest BCUT2D eigenvalue weighted by Gasteiger charge is 2.14. The van der Waals surface area contributed by atoms with Gasteiger partial charge in [0.1, 0.15) is 22.9 Å².